The van der Waals surface area contributed by atoms with Crippen molar-refractivity contribution in [3.05, 3.63) is 62.0 Å². The Hall–Kier alpha value is -1.76. The third-order valence-electron chi connectivity index (χ3n) is 5.71. The molecule has 1 N–H and O–H groups in total. The Bertz CT molecular complexity index is 1000. The zero-order valence-electron chi connectivity index (χ0n) is 20.5. The number of nitrogens with one attached hydrogen (secondary N) is 1. The molecule has 0 bridgehead atoms. The Labute approximate surface area is 221 Å². The van der Waals surface area contributed by atoms with Crippen LogP contribution in [0.2, 0.25) is 10.0 Å². The molecule has 0 saturated carbocycles. The summed E-state index contributed by atoms with van der Waals surface area (Å²) < 4.78 is 6.60. The number of benzene rings is 2. The number of rotatable bonds is 9. The van der Waals surface area contributed by atoms with Gasteiger partial charge in [0.1, 0.15) is 11.8 Å². The van der Waals surface area contributed by atoms with Gasteiger partial charge in [-0.15, -0.1) is 0 Å². The molecular weight excluding hydrogens is 539 g/mol. The van der Waals surface area contributed by atoms with Crippen molar-refractivity contribution in [3.63, 3.8) is 0 Å². The van der Waals surface area contributed by atoms with Gasteiger partial charge in [0, 0.05) is 28.2 Å². The molecule has 0 aliphatic carbocycles. The molecule has 2 rings (SSSR count). The Kier molecular flexibility index (Phi) is 10.3. The van der Waals surface area contributed by atoms with E-state index in [0.717, 1.165) is 16.5 Å². The van der Waals surface area contributed by atoms with Gasteiger partial charge in [-0.3, -0.25) is 9.59 Å². The van der Waals surface area contributed by atoms with Crippen molar-refractivity contribution in [2.24, 2.45) is 0 Å². The van der Waals surface area contributed by atoms with Crippen LogP contribution in [-0.2, 0) is 21.5 Å². The second kappa shape index (κ2) is 12.3. The van der Waals surface area contributed by atoms with Crippen LogP contribution >= 0.6 is 39.1 Å². The molecule has 2 amide bonds. The lowest BCUT2D eigenvalue weighted by atomic mass is 9.87. The fourth-order valence-corrected chi connectivity index (χ4v) is 4.22. The maximum absolute atomic E-state index is 13.3. The standard InChI is InChI=1S/C26H33BrCl2N2O3/c1-7-16(2)30-25(33)17(3)31(14-19-21(28)9-8-10-22(19)29)24(32)15-34-23-12-11-18(13-20(23)27)26(4,5)6/h8-13,16-17H,7,14-15H2,1-6H3,(H,30,33). The first-order chi connectivity index (χ1) is 15.8. The molecule has 0 aliphatic rings. The van der Waals surface area contributed by atoms with Crippen molar-refractivity contribution in [3.8, 4) is 5.75 Å². The molecule has 0 heterocycles. The van der Waals surface area contributed by atoms with Crippen molar-refractivity contribution in [1.29, 1.82) is 0 Å². The van der Waals surface area contributed by atoms with Crippen LogP contribution in [0.5, 0.6) is 5.75 Å². The van der Waals surface area contributed by atoms with Crippen LogP contribution in [0.15, 0.2) is 40.9 Å². The average molecular weight is 572 g/mol. The number of carbonyl (C=O) groups is 2. The number of hydrogen-bond donors (Lipinski definition) is 1. The molecule has 0 spiro atoms. The quantitative estimate of drug-likeness (QED) is 0.361. The van der Waals surface area contributed by atoms with Crippen LogP contribution in [0.25, 0.3) is 0 Å². The van der Waals surface area contributed by atoms with Gasteiger partial charge in [-0.1, -0.05) is 63.0 Å². The predicted octanol–water partition coefficient (Wildman–Crippen LogP) is 6.76. The summed E-state index contributed by atoms with van der Waals surface area (Å²) >= 11 is 16.2. The van der Waals surface area contributed by atoms with E-state index >= 15 is 0 Å². The lowest BCUT2D eigenvalue weighted by Crippen LogP contribution is -2.50. The number of nitrogens with zero attached hydrogens (tertiary/aromatic N) is 1. The van der Waals surface area contributed by atoms with Gasteiger partial charge in [0.05, 0.1) is 4.47 Å². The van der Waals surface area contributed by atoms with Gasteiger partial charge in [0.15, 0.2) is 6.61 Å². The van der Waals surface area contributed by atoms with Crippen molar-refractivity contribution in [2.75, 3.05) is 6.61 Å². The van der Waals surface area contributed by atoms with Crippen LogP contribution in [0.3, 0.4) is 0 Å². The largest absolute Gasteiger partial charge is 0.483 e. The summed E-state index contributed by atoms with van der Waals surface area (Å²) in [5, 5.41) is 3.80. The van der Waals surface area contributed by atoms with Crippen LogP contribution in [0.1, 0.15) is 59.1 Å². The number of ether oxygens (including phenoxy) is 1. The number of halogens is 3. The van der Waals surface area contributed by atoms with E-state index in [1.54, 1.807) is 25.1 Å². The van der Waals surface area contributed by atoms with Gasteiger partial charge in [0.25, 0.3) is 5.91 Å². The van der Waals surface area contributed by atoms with E-state index in [2.05, 4.69) is 42.0 Å². The molecule has 8 heteroatoms. The molecule has 2 aromatic rings. The molecular formula is C26H33BrCl2N2O3. The second-order valence-electron chi connectivity index (χ2n) is 9.40. The van der Waals surface area contributed by atoms with E-state index in [-0.39, 0.29) is 36.4 Å². The minimum atomic E-state index is -0.746. The molecule has 0 saturated heterocycles. The van der Waals surface area contributed by atoms with E-state index in [0.29, 0.717) is 21.4 Å². The van der Waals surface area contributed by atoms with Crippen LogP contribution < -0.4 is 10.1 Å². The van der Waals surface area contributed by atoms with Crippen LogP contribution in [0, 0.1) is 0 Å². The smallest absolute Gasteiger partial charge is 0.261 e. The summed E-state index contributed by atoms with van der Waals surface area (Å²) in [5.74, 6) is -0.0510. The minimum absolute atomic E-state index is 0.00987. The van der Waals surface area contributed by atoms with E-state index in [1.807, 2.05) is 32.0 Å². The molecule has 0 fully saturated rings. The summed E-state index contributed by atoms with van der Waals surface area (Å²) in [6, 6.07) is 10.2. The molecule has 0 radical (unpaired) electrons. The van der Waals surface area contributed by atoms with Gasteiger partial charge in [-0.25, -0.2) is 0 Å². The van der Waals surface area contributed by atoms with Gasteiger partial charge in [-0.05, 0) is 71.4 Å². The molecule has 2 atom stereocenters. The zero-order chi connectivity index (χ0) is 25.6. The van der Waals surface area contributed by atoms with Crippen molar-refractivity contribution < 1.29 is 14.3 Å². The Balaban J connectivity index is 2.25. The van der Waals surface area contributed by atoms with Crippen LogP contribution in [0.4, 0.5) is 0 Å². The summed E-state index contributed by atoms with van der Waals surface area (Å²) in [5.41, 5.74) is 1.71. The van der Waals surface area contributed by atoms with E-state index in [9.17, 15) is 9.59 Å². The molecule has 186 valence electrons. The van der Waals surface area contributed by atoms with Crippen molar-refractivity contribution >= 4 is 50.9 Å². The lowest BCUT2D eigenvalue weighted by molar-refractivity contribution is -0.142. The first-order valence-corrected chi connectivity index (χ1v) is 12.9. The molecule has 0 aliphatic heterocycles. The van der Waals surface area contributed by atoms with Crippen molar-refractivity contribution in [2.45, 2.75) is 72.0 Å². The third-order valence-corrected chi connectivity index (χ3v) is 7.04. The maximum atomic E-state index is 13.3. The van der Waals surface area contributed by atoms with Gasteiger partial charge < -0.3 is 15.0 Å². The normalized spacial score (nSPS) is 13.2. The van der Waals surface area contributed by atoms with E-state index in [1.165, 1.54) is 4.90 Å². The summed E-state index contributed by atoms with van der Waals surface area (Å²) in [6.07, 6.45) is 0.782. The number of amides is 2. The fourth-order valence-electron chi connectivity index (χ4n) is 3.21. The number of hydrogen-bond acceptors (Lipinski definition) is 3. The molecule has 2 unspecified atom stereocenters. The first kappa shape index (κ1) is 28.5. The topological polar surface area (TPSA) is 58.6 Å². The first-order valence-electron chi connectivity index (χ1n) is 11.3. The van der Waals surface area contributed by atoms with Crippen LogP contribution in [-0.4, -0.2) is 35.4 Å². The maximum Gasteiger partial charge on any atom is 0.261 e. The summed E-state index contributed by atoms with van der Waals surface area (Å²) in [4.78, 5) is 27.6. The summed E-state index contributed by atoms with van der Waals surface area (Å²) in [6.45, 7) is 11.8. The highest BCUT2D eigenvalue weighted by Crippen LogP contribution is 2.32. The number of carbonyl (C=O) groups excluding carboxylic acids is 2. The second-order valence-corrected chi connectivity index (χ2v) is 11.1. The minimum Gasteiger partial charge on any atom is -0.483 e. The molecule has 5 nitrogen and oxygen atoms in total. The monoisotopic (exact) mass is 570 g/mol. The van der Waals surface area contributed by atoms with E-state index < -0.39 is 6.04 Å². The van der Waals surface area contributed by atoms with Gasteiger partial charge in [-0.2, -0.15) is 0 Å². The summed E-state index contributed by atoms with van der Waals surface area (Å²) in [7, 11) is 0. The Morgan fingerprint density at radius 2 is 1.74 bits per heavy atom. The SMILES string of the molecule is CCC(C)NC(=O)C(C)N(Cc1c(Cl)cccc1Cl)C(=O)COc1ccc(C(C)(C)C)cc1Br. The fraction of sp³-hybridized carbons (Fsp3) is 0.462. The highest BCUT2D eigenvalue weighted by atomic mass is 79.9. The third kappa shape index (κ3) is 7.62. The van der Waals surface area contributed by atoms with Crippen molar-refractivity contribution in [1.82, 2.24) is 10.2 Å². The molecule has 2 aromatic carbocycles. The Morgan fingerprint density at radius 1 is 1.12 bits per heavy atom. The van der Waals surface area contributed by atoms with Gasteiger partial charge in [0.2, 0.25) is 5.91 Å². The zero-order valence-corrected chi connectivity index (χ0v) is 23.6. The Morgan fingerprint density at radius 3 is 2.26 bits per heavy atom. The predicted molar refractivity (Wildman–Crippen MR) is 143 cm³/mol. The highest BCUT2D eigenvalue weighted by Gasteiger charge is 2.28. The van der Waals surface area contributed by atoms with Gasteiger partial charge >= 0.3 is 0 Å². The average Bonchev–Trinajstić information content (AvgIpc) is 2.76. The molecule has 34 heavy (non-hydrogen) atoms. The lowest BCUT2D eigenvalue weighted by Gasteiger charge is -2.30. The van der Waals surface area contributed by atoms with E-state index in [4.69, 9.17) is 27.9 Å². The molecule has 0 aromatic heterocycles. The highest BCUT2D eigenvalue weighted by molar-refractivity contribution is 9.10.